The van der Waals surface area contributed by atoms with Gasteiger partial charge in [-0.3, -0.25) is 4.79 Å². The van der Waals surface area contributed by atoms with Crippen LogP contribution in [0.1, 0.15) is 38.8 Å². The molecule has 0 aromatic heterocycles. The third-order valence-electron chi connectivity index (χ3n) is 5.84. The average Bonchev–Trinajstić information content (AvgIpc) is 2.85. The lowest BCUT2D eigenvalue weighted by Crippen LogP contribution is -2.32. The third-order valence-corrected chi connectivity index (χ3v) is 5.84. The van der Waals surface area contributed by atoms with Gasteiger partial charge >= 0.3 is 0 Å². The number of carbonyl (C=O) groups excluding carboxylic acids is 1. The first kappa shape index (κ1) is 27.5. The first-order chi connectivity index (χ1) is 17.7. The first-order valence-corrected chi connectivity index (χ1v) is 12.5. The van der Waals surface area contributed by atoms with Crippen LogP contribution >= 0.6 is 0 Å². The number of nitrogens with one attached hydrogen (secondary N) is 2. The molecule has 0 saturated carbocycles. The summed E-state index contributed by atoms with van der Waals surface area (Å²) >= 11 is 0. The van der Waals surface area contributed by atoms with Crippen LogP contribution in [0.15, 0.2) is 71.8 Å². The van der Waals surface area contributed by atoms with Gasteiger partial charge in [0.05, 0.1) is 17.8 Å². The molecule has 8 heteroatoms. The van der Waals surface area contributed by atoms with Gasteiger partial charge < -0.3 is 26.6 Å². The summed E-state index contributed by atoms with van der Waals surface area (Å²) in [5.41, 5.74) is 7.59. The van der Waals surface area contributed by atoms with Crippen molar-refractivity contribution in [1.29, 1.82) is 0 Å². The quantitative estimate of drug-likeness (QED) is 0.121. The van der Waals surface area contributed by atoms with Crippen molar-refractivity contribution in [2.45, 2.75) is 34.1 Å². The average molecular weight is 503 g/mol. The molecule has 3 aromatic carbocycles. The molecule has 8 nitrogen and oxygen atoms in total. The minimum Gasteiger partial charge on any atom is -0.508 e. The van der Waals surface area contributed by atoms with Gasteiger partial charge in [-0.05, 0) is 52.8 Å². The number of hydrazone groups is 1. The summed E-state index contributed by atoms with van der Waals surface area (Å²) in [5.74, 6) is 12.5. The Bertz CT molecular complexity index is 1210. The van der Waals surface area contributed by atoms with Gasteiger partial charge in [0.15, 0.2) is 5.84 Å². The van der Waals surface area contributed by atoms with E-state index in [9.17, 15) is 9.90 Å². The maximum atomic E-state index is 13.1. The fourth-order valence-corrected chi connectivity index (χ4v) is 4.35. The lowest BCUT2D eigenvalue weighted by molar-refractivity contribution is -0.115. The summed E-state index contributed by atoms with van der Waals surface area (Å²) in [6, 6.07) is 20.4. The molecule has 0 aliphatic heterocycles. The van der Waals surface area contributed by atoms with Gasteiger partial charge in [0.1, 0.15) is 5.75 Å². The van der Waals surface area contributed by atoms with E-state index in [1.165, 1.54) is 0 Å². The number of amides is 1. The normalized spacial score (nSPS) is 11.6. The summed E-state index contributed by atoms with van der Waals surface area (Å²) in [4.78, 5) is 15.5. The minimum absolute atomic E-state index is 0.140. The monoisotopic (exact) mass is 502 g/mol. The lowest BCUT2D eigenvalue weighted by atomic mass is 9.97. The Morgan fingerprint density at radius 2 is 1.62 bits per heavy atom. The highest BCUT2D eigenvalue weighted by atomic mass is 16.3. The van der Waals surface area contributed by atoms with Gasteiger partial charge in [0, 0.05) is 18.7 Å². The number of hydrazine groups is 1. The predicted molar refractivity (Wildman–Crippen MR) is 152 cm³/mol. The topological polar surface area (TPSA) is 129 Å². The van der Waals surface area contributed by atoms with Crippen LogP contribution in [-0.2, 0) is 11.2 Å². The summed E-state index contributed by atoms with van der Waals surface area (Å²) in [7, 11) is 0. The number of rotatable bonds is 10. The number of amidine groups is 1. The molecule has 37 heavy (non-hydrogen) atoms. The van der Waals surface area contributed by atoms with Crippen LogP contribution in [0, 0.1) is 11.8 Å². The number of phenolic OH excluding ortho intramolecular Hbond substituents is 1. The molecule has 0 spiro atoms. The van der Waals surface area contributed by atoms with E-state index >= 15 is 0 Å². The van der Waals surface area contributed by atoms with Crippen molar-refractivity contribution in [2.75, 3.05) is 23.3 Å². The zero-order valence-electron chi connectivity index (χ0n) is 22.0. The lowest BCUT2D eigenvalue weighted by Gasteiger charge is -2.31. The zero-order chi connectivity index (χ0) is 26.9. The second-order valence-corrected chi connectivity index (χ2v) is 9.98. The van der Waals surface area contributed by atoms with Gasteiger partial charge in [-0.15, -0.1) is 0 Å². The van der Waals surface area contributed by atoms with Crippen molar-refractivity contribution < 1.29 is 9.90 Å². The summed E-state index contributed by atoms with van der Waals surface area (Å²) in [6.45, 7) is 10.5. The molecule has 0 atom stereocenters. The molecule has 0 aliphatic rings. The van der Waals surface area contributed by atoms with Crippen molar-refractivity contribution >= 4 is 23.1 Å². The SMILES string of the molecule is CC(C)CN(CC(C)C)c1ccc(-c2ccccc2/C(=N/N)NN)cc1NC(=O)Cc1ccc(O)cc1. The van der Waals surface area contributed by atoms with Gasteiger partial charge in [0.25, 0.3) is 0 Å². The van der Waals surface area contributed by atoms with Crippen LogP contribution < -0.4 is 27.3 Å². The fraction of sp³-hybridized carbons (Fsp3) is 0.310. The largest absolute Gasteiger partial charge is 0.508 e. The van der Waals surface area contributed by atoms with Crippen LogP contribution in [0.4, 0.5) is 11.4 Å². The molecular formula is C29H38N6O2. The summed E-state index contributed by atoms with van der Waals surface area (Å²) < 4.78 is 0. The second kappa shape index (κ2) is 12.8. The molecule has 0 unspecified atom stereocenters. The Balaban J connectivity index is 2.06. The summed E-state index contributed by atoms with van der Waals surface area (Å²) in [5, 5.41) is 16.5. The van der Waals surface area contributed by atoms with Crippen LogP contribution in [0.25, 0.3) is 11.1 Å². The number of hydrogen-bond acceptors (Lipinski definition) is 6. The molecular weight excluding hydrogens is 464 g/mol. The van der Waals surface area contributed by atoms with E-state index in [-0.39, 0.29) is 18.1 Å². The number of carbonyl (C=O) groups is 1. The van der Waals surface area contributed by atoms with Crippen LogP contribution in [0.5, 0.6) is 5.75 Å². The first-order valence-electron chi connectivity index (χ1n) is 12.5. The number of anilines is 2. The maximum Gasteiger partial charge on any atom is 0.228 e. The minimum atomic E-state index is -0.140. The molecule has 0 aliphatic carbocycles. The number of aromatic hydroxyl groups is 1. The Morgan fingerprint density at radius 3 is 2.22 bits per heavy atom. The van der Waals surface area contributed by atoms with Crippen molar-refractivity contribution in [1.82, 2.24) is 5.43 Å². The molecule has 7 N–H and O–H groups in total. The van der Waals surface area contributed by atoms with E-state index < -0.39 is 0 Å². The van der Waals surface area contributed by atoms with Crippen molar-refractivity contribution in [3.63, 3.8) is 0 Å². The number of hydrogen-bond donors (Lipinski definition) is 5. The van der Waals surface area contributed by atoms with Gasteiger partial charge in [-0.1, -0.05) is 70.2 Å². The Kier molecular flexibility index (Phi) is 9.51. The smallest absolute Gasteiger partial charge is 0.228 e. The summed E-state index contributed by atoms with van der Waals surface area (Å²) in [6.07, 6.45) is 0.190. The van der Waals surface area contributed by atoms with Crippen molar-refractivity contribution in [3.8, 4) is 16.9 Å². The number of nitrogens with zero attached hydrogens (tertiary/aromatic N) is 2. The predicted octanol–water partition coefficient (Wildman–Crippen LogP) is 4.44. The van der Waals surface area contributed by atoms with E-state index in [4.69, 9.17) is 11.7 Å². The Hall–Kier alpha value is -4.04. The highest BCUT2D eigenvalue weighted by molar-refractivity contribution is 6.05. The van der Waals surface area contributed by atoms with E-state index in [2.05, 4.69) is 54.5 Å². The van der Waals surface area contributed by atoms with E-state index in [0.29, 0.717) is 17.7 Å². The highest BCUT2D eigenvalue weighted by Gasteiger charge is 2.19. The molecule has 3 aromatic rings. The van der Waals surface area contributed by atoms with Crippen LogP contribution in [0.2, 0.25) is 0 Å². The zero-order valence-corrected chi connectivity index (χ0v) is 22.0. The number of benzene rings is 3. The van der Waals surface area contributed by atoms with Crippen molar-refractivity contribution in [3.05, 3.63) is 77.9 Å². The molecule has 0 radical (unpaired) electrons. The standard InChI is InChI=1S/C29H38N6O2/c1-19(2)17-35(18-20(3)4)27-14-11-22(24-7-5-6-8-25(24)29(33-30)34-31)16-26(27)32-28(37)15-21-9-12-23(36)13-10-21/h5-14,16,19-20,36H,15,17-18,30-31H2,1-4H3,(H,32,37)(H,33,34). The van der Waals surface area contributed by atoms with Gasteiger partial charge in [-0.2, -0.15) is 5.10 Å². The van der Waals surface area contributed by atoms with E-state index in [1.54, 1.807) is 24.3 Å². The van der Waals surface area contributed by atoms with Gasteiger partial charge in [-0.25, -0.2) is 5.84 Å². The highest BCUT2D eigenvalue weighted by Crippen LogP contribution is 2.34. The molecule has 0 heterocycles. The Morgan fingerprint density at radius 1 is 0.973 bits per heavy atom. The molecule has 0 saturated heterocycles. The fourth-order valence-electron chi connectivity index (χ4n) is 4.35. The van der Waals surface area contributed by atoms with Crippen molar-refractivity contribution in [2.24, 2.45) is 28.6 Å². The second-order valence-electron chi connectivity index (χ2n) is 9.98. The van der Waals surface area contributed by atoms with Crippen LogP contribution in [0.3, 0.4) is 0 Å². The Labute approximate surface area is 219 Å². The number of phenols is 1. The molecule has 0 fully saturated rings. The van der Waals surface area contributed by atoms with Crippen LogP contribution in [-0.4, -0.2) is 29.9 Å². The third kappa shape index (κ3) is 7.47. The molecule has 0 bridgehead atoms. The number of nitrogens with two attached hydrogens (primary N) is 2. The molecule has 3 rings (SSSR count). The maximum absolute atomic E-state index is 13.1. The molecule has 1 amide bonds. The van der Waals surface area contributed by atoms with E-state index in [0.717, 1.165) is 46.7 Å². The molecule has 196 valence electrons. The van der Waals surface area contributed by atoms with Gasteiger partial charge in [0.2, 0.25) is 5.91 Å². The van der Waals surface area contributed by atoms with E-state index in [1.807, 2.05) is 36.4 Å².